The van der Waals surface area contributed by atoms with Crippen LogP contribution in [0.2, 0.25) is 0 Å². The lowest BCUT2D eigenvalue weighted by Crippen LogP contribution is -2.41. The van der Waals surface area contributed by atoms with E-state index >= 15 is 0 Å². The maximum Gasteiger partial charge on any atom is 0.347 e. The van der Waals surface area contributed by atoms with Crippen LogP contribution in [-0.2, 0) is 157 Å². The second-order valence-electron chi connectivity index (χ2n) is 50.6. The zero-order chi connectivity index (χ0) is 101. The van der Waals surface area contributed by atoms with Crippen LogP contribution >= 0.6 is 0 Å². The van der Waals surface area contributed by atoms with E-state index in [0.29, 0.717) is 175 Å². The molecule has 12 saturated carbocycles. The molecule has 12 heterocycles. The van der Waals surface area contributed by atoms with Gasteiger partial charge in [0.1, 0.15) is 6.61 Å². The van der Waals surface area contributed by atoms with Crippen molar-refractivity contribution in [2.24, 2.45) is 94.7 Å². The van der Waals surface area contributed by atoms with Crippen molar-refractivity contribution in [3.63, 3.8) is 0 Å². The van der Waals surface area contributed by atoms with Crippen LogP contribution in [0, 0.1) is 94.7 Å². The quantitative estimate of drug-likeness (QED) is 0.0304. The fourth-order valence-electron chi connectivity index (χ4n) is 27.1. The minimum Gasteiger partial charge on any atom is -0.469 e. The van der Waals surface area contributed by atoms with Crippen LogP contribution < -0.4 is 0 Å². The summed E-state index contributed by atoms with van der Waals surface area (Å²) in [6.45, 7) is 37.0. The molecule has 12 aliphatic carbocycles. The Kier molecular flexibility index (Phi) is 29.8. The predicted octanol–water partition coefficient (Wildman–Crippen LogP) is 13.8. The van der Waals surface area contributed by atoms with E-state index in [1.165, 1.54) is 13.5 Å². The van der Waals surface area contributed by atoms with Crippen molar-refractivity contribution in [3.05, 3.63) is 0 Å². The zero-order valence-electron chi connectivity index (χ0n) is 87.9. The molecule has 41 atom stereocenters. The van der Waals surface area contributed by atoms with Crippen molar-refractivity contribution in [1.82, 2.24) is 0 Å². The van der Waals surface area contributed by atoms with E-state index in [9.17, 15) is 47.9 Å². The number of rotatable bonds is 28. The molecule has 0 bridgehead atoms. The molecule has 33 nitrogen and oxygen atoms in total. The number of methoxy groups -OCH3 is 1. The molecule has 33 heteroatoms. The van der Waals surface area contributed by atoms with Gasteiger partial charge >= 0.3 is 59.7 Å². The number of epoxide rings is 12. The number of hydrogen-bond acceptors (Lipinski definition) is 33. The van der Waals surface area contributed by atoms with Crippen molar-refractivity contribution in [1.29, 1.82) is 0 Å². The first kappa shape index (κ1) is 106. The number of fused-ring (bicyclic) bond motifs is 12. The average molecular weight is 2010 g/mol. The molecule has 0 amide bonds. The lowest BCUT2D eigenvalue weighted by molar-refractivity contribution is -0.170. The van der Waals surface area contributed by atoms with Gasteiger partial charge in [-0.3, -0.25) is 38.4 Å². The van der Waals surface area contributed by atoms with Gasteiger partial charge in [0.2, 0.25) is 0 Å². The maximum absolute atomic E-state index is 12.7. The van der Waals surface area contributed by atoms with Gasteiger partial charge in [-0.05, 0) is 350 Å². The molecule has 24 fully saturated rings. The van der Waals surface area contributed by atoms with Gasteiger partial charge in [0.25, 0.3) is 0 Å². The second-order valence-corrected chi connectivity index (χ2v) is 50.6. The summed E-state index contributed by atoms with van der Waals surface area (Å²) in [7, 11) is 1.36. The molecular formula is C110H164O33. The highest BCUT2D eigenvalue weighted by Crippen LogP contribution is 2.61. The molecule has 12 saturated heterocycles. The van der Waals surface area contributed by atoms with Crippen LogP contribution in [0.15, 0.2) is 0 Å². The number of hydrogen-bond donors (Lipinski definition) is 0. The van der Waals surface area contributed by atoms with Crippen molar-refractivity contribution in [3.8, 4) is 0 Å². The minimum atomic E-state index is -0.855. The summed E-state index contributed by atoms with van der Waals surface area (Å²) in [5, 5.41) is 0. The molecule has 0 spiro atoms. The Hall–Kier alpha value is -5.82. The van der Waals surface area contributed by atoms with Crippen LogP contribution in [0.25, 0.3) is 0 Å². The molecule has 24 rings (SSSR count). The third-order valence-corrected chi connectivity index (χ3v) is 39.0. The SMILES string of the molecule is CC(OC(=O)C1CCC2(C)OC2C1)C(=O)OCC1CCC2(C)OC2C1.CC12CCC(COC(=O)COC(=O)C3CCC4(C)OC4C3)CC1O2.CC12CCC(COCCOC(=O)C3CCC4(C)OC4C3)CC1O2.CC1CC2(C)OC2CC1COC(=O)C1CC2OC2(C)CC1C.CCOC(=O)C1CC2(C)OC2CC1C(=O)OCC1CCC2(C)OC2C1.COC(=O)C1CC2(C)OC2CC1C(=O)OCC1CCC2(C)OC2C1. The Balaban J connectivity index is 0.000000109. The van der Waals surface area contributed by atoms with Crippen molar-refractivity contribution < 1.29 is 157 Å². The molecule has 0 N–H and O–H groups in total. The molecular weight excluding hydrogens is 1850 g/mol. The number of carbonyl (C=O) groups is 10. The summed E-state index contributed by atoms with van der Waals surface area (Å²) in [5.41, 5.74) is 0.113. The zero-order valence-corrected chi connectivity index (χ0v) is 87.9. The largest absolute Gasteiger partial charge is 0.469 e. The standard InChI is InChI=1S/2C19H28O6.2C18H26O6.C18H28O5.C18H28O4/c1-11(23-17(21)13-5-7-19(3)15(9-13)25-19)16(20)22-10-12-4-6-18(2)14(8-12)24-18;1-4-22-17(21)13-9-19(3)15(25-19)8-12(13)16(20)23-10-11-5-6-18(2)14(7-11)24-18;1-17-5-4-10(6-13(17)23-17)9-22-16(20)11-7-14-18(2,24-14)8-12(11)15(19)21-3;1-17-5-3-11(7-13(17)23-17)9-21-15(19)10-22-16(20)12-4-6-18(2)14(8-12)24-18;1-17-5-3-12(9-14(17)22-17)11-20-7-8-21-16(19)13-4-6-18(2)15(10-13)23-18;1-10-7-17(3)14(21-17)5-12(10)9-20-16(19)13-6-15-18(4,22-15)8-11(13)2/h2*11-15H,4-10H2,1-3H3;10-14H,4-9H2,1-3H3;11-14H,3-10H2,1-2H3;12-15H,3-11H2,1-2H3;10-15H,5-9H2,1-4H3. The van der Waals surface area contributed by atoms with Gasteiger partial charge in [-0.1, -0.05) is 13.8 Å². The number of carbonyl (C=O) groups excluding carboxylic acids is 10. The molecule has 143 heavy (non-hydrogen) atoms. The monoisotopic (exact) mass is 2010 g/mol. The van der Waals surface area contributed by atoms with Gasteiger partial charge in [0, 0.05) is 6.61 Å². The predicted molar refractivity (Wildman–Crippen MR) is 506 cm³/mol. The normalized spacial score (nSPS) is 48.3. The number of esters is 10. The van der Waals surface area contributed by atoms with E-state index < -0.39 is 41.7 Å². The summed E-state index contributed by atoms with van der Waals surface area (Å²) < 4.78 is 127. The Morgan fingerprint density at radius 2 is 0.587 bits per heavy atom. The lowest BCUT2D eigenvalue weighted by atomic mass is 9.74. The Bertz CT molecular complexity index is 4700. The van der Waals surface area contributed by atoms with Crippen molar-refractivity contribution in [2.45, 2.75) is 463 Å². The Morgan fingerprint density at radius 3 is 0.986 bits per heavy atom. The summed E-state index contributed by atoms with van der Waals surface area (Å²) in [4.78, 5) is 122. The minimum absolute atomic E-state index is 0.0118. The van der Waals surface area contributed by atoms with Crippen molar-refractivity contribution >= 4 is 59.7 Å². The fraction of sp³-hybridized carbons (Fsp3) is 0.909. The van der Waals surface area contributed by atoms with Gasteiger partial charge < -0.3 is 109 Å². The first-order valence-corrected chi connectivity index (χ1v) is 55.0. The summed E-state index contributed by atoms with van der Waals surface area (Å²) >= 11 is 0. The first-order chi connectivity index (χ1) is 67.6. The molecule has 0 aromatic heterocycles. The second kappa shape index (κ2) is 40.4. The van der Waals surface area contributed by atoms with Gasteiger partial charge in [-0.25, -0.2) is 9.59 Å². The summed E-state index contributed by atoms with van der Waals surface area (Å²) in [6, 6.07) is 0. The fourth-order valence-corrected chi connectivity index (χ4v) is 27.1. The summed E-state index contributed by atoms with van der Waals surface area (Å²) in [5.74, 6) is -1.57. The highest BCUT2D eigenvalue weighted by molar-refractivity contribution is 5.84. The highest BCUT2D eigenvalue weighted by Gasteiger charge is 2.68. The van der Waals surface area contributed by atoms with Gasteiger partial charge in [-0.2, -0.15) is 0 Å². The van der Waals surface area contributed by atoms with E-state index in [4.69, 9.17) is 109 Å². The number of ether oxygens (including phenoxy) is 23. The van der Waals surface area contributed by atoms with Crippen LogP contribution in [-0.4, -0.2) is 279 Å². The van der Waals surface area contributed by atoms with Gasteiger partial charge in [0.15, 0.2) is 12.7 Å². The van der Waals surface area contributed by atoms with Gasteiger partial charge in [0.05, 0.1) is 241 Å². The lowest BCUT2D eigenvalue weighted by Gasteiger charge is -2.31. The Labute approximate surface area is 843 Å². The van der Waals surface area contributed by atoms with Crippen LogP contribution in [0.1, 0.15) is 316 Å². The van der Waals surface area contributed by atoms with E-state index in [2.05, 4.69) is 83.1 Å². The van der Waals surface area contributed by atoms with Crippen molar-refractivity contribution in [2.75, 3.05) is 73.2 Å². The first-order valence-electron chi connectivity index (χ1n) is 55.0. The van der Waals surface area contributed by atoms with E-state index in [1.54, 1.807) is 13.8 Å². The molecule has 0 radical (unpaired) electrons. The molecule has 24 aliphatic rings. The Morgan fingerprint density at radius 1 is 0.280 bits per heavy atom. The van der Waals surface area contributed by atoms with Crippen LogP contribution in [0.4, 0.5) is 0 Å². The summed E-state index contributed by atoms with van der Waals surface area (Å²) in [6.07, 6.45) is 31.2. The molecule has 0 aromatic carbocycles. The maximum atomic E-state index is 12.7. The molecule has 802 valence electrons. The molecule has 41 unspecified atom stereocenters. The topological polar surface area (TPSA) is 423 Å². The smallest absolute Gasteiger partial charge is 0.347 e. The van der Waals surface area contributed by atoms with E-state index in [1.807, 2.05) is 13.8 Å². The molecule has 12 aliphatic heterocycles. The van der Waals surface area contributed by atoms with E-state index in [-0.39, 0.29) is 182 Å². The third kappa shape index (κ3) is 24.4. The van der Waals surface area contributed by atoms with Crippen LogP contribution in [0.5, 0.6) is 0 Å². The van der Waals surface area contributed by atoms with Crippen LogP contribution in [0.3, 0.4) is 0 Å². The average Bonchev–Trinajstić information content (AvgIpc) is 1.57. The van der Waals surface area contributed by atoms with E-state index in [0.717, 1.165) is 167 Å². The highest BCUT2D eigenvalue weighted by atomic mass is 16.7. The molecule has 0 aromatic rings. The van der Waals surface area contributed by atoms with Gasteiger partial charge in [-0.15, -0.1) is 0 Å². The third-order valence-electron chi connectivity index (χ3n) is 39.0.